The minimum atomic E-state index is -4.86. The van der Waals surface area contributed by atoms with Crippen LogP contribution in [0.15, 0.2) is 72.8 Å². The number of alkyl halides is 4. The zero-order valence-electron chi connectivity index (χ0n) is 16.4. The van der Waals surface area contributed by atoms with Crippen LogP contribution < -0.4 is 10.1 Å². The molecule has 1 unspecified atom stereocenters. The van der Waals surface area contributed by atoms with Gasteiger partial charge in [-0.2, -0.15) is 17.6 Å². The topological polar surface area (TPSA) is 38.3 Å². The van der Waals surface area contributed by atoms with Gasteiger partial charge in [-0.1, -0.05) is 42.5 Å². The van der Waals surface area contributed by atoms with E-state index in [4.69, 9.17) is 0 Å². The highest BCUT2D eigenvalue weighted by Gasteiger charge is 2.44. The molecule has 9 heteroatoms. The lowest BCUT2D eigenvalue weighted by Crippen LogP contribution is -2.45. The summed E-state index contributed by atoms with van der Waals surface area (Å²) in [5.74, 6) is -2.50. The van der Waals surface area contributed by atoms with Crippen molar-refractivity contribution >= 4 is 6.41 Å². The van der Waals surface area contributed by atoms with E-state index in [2.05, 4.69) is 10.1 Å². The van der Waals surface area contributed by atoms with Gasteiger partial charge >= 0.3 is 12.5 Å². The molecule has 3 rings (SSSR count). The van der Waals surface area contributed by atoms with E-state index in [1.165, 1.54) is 12.1 Å². The number of hydrogen-bond donors (Lipinski definition) is 1. The molecule has 0 aliphatic rings. The third kappa shape index (κ3) is 5.04. The highest BCUT2D eigenvalue weighted by molar-refractivity contribution is 5.55. The van der Waals surface area contributed by atoms with Crippen molar-refractivity contribution < 1.29 is 35.9 Å². The van der Waals surface area contributed by atoms with E-state index in [0.29, 0.717) is 23.6 Å². The molecular formula is C23H17F6NO2. The van der Waals surface area contributed by atoms with Crippen molar-refractivity contribution in [2.75, 3.05) is 0 Å². The number of benzene rings is 3. The van der Waals surface area contributed by atoms with Crippen LogP contribution in [0.4, 0.5) is 26.3 Å². The average molecular weight is 453 g/mol. The summed E-state index contributed by atoms with van der Waals surface area (Å²) in [4.78, 5) is 11.6. The summed E-state index contributed by atoms with van der Waals surface area (Å²) >= 11 is 0. The quantitative estimate of drug-likeness (QED) is 0.347. The maximum atomic E-state index is 14.4. The number of hydrogen-bond acceptors (Lipinski definition) is 2. The van der Waals surface area contributed by atoms with Gasteiger partial charge in [-0.3, -0.25) is 4.79 Å². The highest BCUT2D eigenvalue weighted by atomic mass is 19.3. The summed E-state index contributed by atoms with van der Waals surface area (Å²) < 4.78 is 84.1. The molecule has 0 spiro atoms. The third-order valence-corrected chi connectivity index (χ3v) is 4.83. The fourth-order valence-electron chi connectivity index (χ4n) is 3.40. The number of nitrogens with one attached hydrogen (secondary N) is 1. The maximum absolute atomic E-state index is 14.4. The number of carbonyl (C=O) groups excluding carboxylic acids is 1. The molecule has 0 radical (unpaired) electrons. The van der Waals surface area contributed by atoms with E-state index in [1.807, 2.05) is 0 Å². The van der Waals surface area contributed by atoms with Crippen LogP contribution in [0, 0.1) is 11.6 Å². The van der Waals surface area contributed by atoms with E-state index < -0.39 is 35.5 Å². The molecule has 3 aromatic carbocycles. The second-order valence-corrected chi connectivity index (χ2v) is 6.98. The predicted molar refractivity (Wildman–Crippen MR) is 105 cm³/mol. The van der Waals surface area contributed by atoms with Crippen molar-refractivity contribution in [1.82, 2.24) is 5.32 Å². The first kappa shape index (κ1) is 23.2. The van der Waals surface area contributed by atoms with Gasteiger partial charge in [0.15, 0.2) is 0 Å². The fourth-order valence-corrected chi connectivity index (χ4v) is 3.40. The molecule has 0 aromatic heterocycles. The molecular weight excluding hydrogens is 436 g/mol. The third-order valence-electron chi connectivity index (χ3n) is 4.83. The number of amides is 1. The summed E-state index contributed by atoms with van der Waals surface area (Å²) in [6.45, 7) is 0. The van der Waals surface area contributed by atoms with Gasteiger partial charge in [0.25, 0.3) is 0 Å². The van der Waals surface area contributed by atoms with Gasteiger partial charge in [0.1, 0.15) is 17.4 Å². The first-order valence-electron chi connectivity index (χ1n) is 9.33. The SMILES string of the molecule is O=CNC(Cc1ccccc1)(c1ccc(F)cc1)c1cc(F)cc(OC(F)(F)C(F)F)c1. The van der Waals surface area contributed by atoms with Crippen LogP contribution >= 0.6 is 0 Å². The fraction of sp³-hybridized carbons (Fsp3) is 0.174. The average Bonchev–Trinajstić information content (AvgIpc) is 2.74. The van der Waals surface area contributed by atoms with Gasteiger partial charge < -0.3 is 10.1 Å². The van der Waals surface area contributed by atoms with Crippen molar-refractivity contribution in [3.63, 3.8) is 0 Å². The Morgan fingerprint density at radius 2 is 1.53 bits per heavy atom. The standard InChI is InChI=1S/C23H17F6NO2/c24-18-8-6-16(7-9-18)22(30-14-31,13-15-4-2-1-3-5-15)17-10-19(25)12-20(11-17)32-23(28,29)21(26)27/h1-12,14,21H,13H2,(H,30,31). The van der Waals surface area contributed by atoms with E-state index in [1.54, 1.807) is 30.3 Å². The van der Waals surface area contributed by atoms with Crippen molar-refractivity contribution in [2.24, 2.45) is 0 Å². The zero-order chi connectivity index (χ0) is 23.4. The lowest BCUT2D eigenvalue weighted by atomic mass is 9.78. The Kier molecular flexibility index (Phi) is 6.76. The second kappa shape index (κ2) is 9.33. The van der Waals surface area contributed by atoms with E-state index >= 15 is 0 Å². The Hall–Kier alpha value is -3.49. The molecule has 1 atom stereocenters. The number of carbonyl (C=O) groups is 1. The molecule has 1 amide bonds. The Morgan fingerprint density at radius 1 is 0.875 bits per heavy atom. The first-order chi connectivity index (χ1) is 15.2. The van der Waals surface area contributed by atoms with Crippen molar-refractivity contribution in [2.45, 2.75) is 24.5 Å². The smallest absolute Gasteiger partial charge is 0.428 e. The molecule has 3 nitrogen and oxygen atoms in total. The Morgan fingerprint density at radius 3 is 2.12 bits per heavy atom. The summed E-state index contributed by atoms with van der Waals surface area (Å²) in [6, 6.07) is 15.9. The van der Waals surface area contributed by atoms with Gasteiger partial charge in [0, 0.05) is 12.5 Å². The monoisotopic (exact) mass is 453 g/mol. The lowest BCUT2D eigenvalue weighted by molar-refractivity contribution is -0.253. The van der Waals surface area contributed by atoms with Gasteiger partial charge in [-0.05, 0) is 41.0 Å². The zero-order valence-corrected chi connectivity index (χ0v) is 16.4. The summed E-state index contributed by atoms with van der Waals surface area (Å²) in [5, 5.41) is 2.58. The highest BCUT2D eigenvalue weighted by Crippen LogP contribution is 2.37. The summed E-state index contributed by atoms with van der Waals surface area (Å²) in [6.07, 6.45) is -8.67. The Bertz CT molecular complexity index is 1060. The molecule has 0 aliphatic heterocycles. The largest absolute Gasteiger partial charge is 0.461 e. The summed E-state index contributed by atoms with van der Waals surface area (Å²) in [7, 11) is 0. The van der Waals surface area contributed by atoms with Crippen LogP contribution in [0.2, 0.25) is 0 Å². The Labute approximate surface area is 179 Å². The van der Waals surface area contributed by atoms with Crippen LogP contribution in [0.25, 0.3) is 0 Å². The molecule has 168 valence electrons. The van der Waals surface area contributed by atoms with Crippen LogP contribution in [0.1, 0.15) is 16.7 Å². The van der Waals surface area contributed by atoms with Crippen LogP contribution in [0.5, 0.6) is 5.75 Å². The minimum Gasteiger partial charge on any atom is -0.428 e. The van der Waals surface area contributed by atoms with Gasteiger partial charge in [0.05, 0.1) is 5.54 Å². The molecule has 1 N–H and O–H groups in total. The van der Waals surface area contributed by atoms with Crippen molar-refractivity contribution in [3.8, 4) is 5.75 Å². The second-order valence-electron chi connectivity index (χ2n) is 6.98. The van der Waals surface area contributed by atoms with Gasteiger partial charge in [-0.15, -0.1) is 0 Å². The lowest BCUT2D eigenvalue weighted by Gasteiger charge is -2.35. The maximum Gasteiger partial charge on any atom is 0.461 e. The molecule has 0 bridgehead atoms. The molecule has 0 heterocycles. The predicted octanol–water partition coefficient (Wildman–Crippen LogP) is 5.43. The minimum absolute atomic E-state index is 0.00630. The molecule has 0 fully saturated rings. The van der Waals surface area contributed by atoms with Crippen LogP contribution in [-0.2, 0) is 16.8 Å². The van der Waals surface area contributed by atoms with Crippen LogP contribution in [-0.4, -0.2) is 18.9 Å². The normalized spacial score (nSPS) is 13.5. The number of ether oxygens (including phenoxy) is 1. The van der Waals surface area contributed by atoms with Crippen molar-refractivity contribution in [3.05, 3.63) is 101 Å². The molecule has 0 saturated carbocycles. The van der Waals surface area contributed by atoms with E-state index in [9.17, 15) is 31.1 Å². The van der Waals surface area contributed by atoms with Crippen molar-refractivity contribution in [1.29, 1.82) is 0 Å². The van der Waals surface area contributed by atoms with Gasteiger partial charge in [-0.25, -0.2) is 8.78 Å². The molecule has 3 aromatic rings. The number of halogens is 6. The van der Waals surface area contributed by atoms with Gasteiger partial charge in [0.2, 0.25) is 6.41 Å². The molecule has 32 heavy (non-hydrogen) atoms. The summed E-state index contributed by atoms with van der Waals surface area (Å²) in [5.41, 5.74) is -0.667. The first-order valence-corrected chi connectivity index (χ1v) is 9.33. The number of rotatable bonds is 9. The van der Waals surface area contributed by atoms with Crippen LogP contribution in [0.3, 0.4) is 0 Å². The molecule has 0 aliphatic carbocycles. The van der Waals surface area contributed by atoms with E-state index in [-0.39, 0.29) is 12.0 Å². The van der Waals surface area contributed by atoms with E-state index in [0.717, 1.165) is 24.3 Å². The molecule has 0 saturated heterocycles. The Balaban J connectivity index is 2.20.